The Hall–Kier alpha value is -2.01. The Balaban J connectivity index is 2.34. The summed E-state index contributed by atoms with van der Waals surface area (Å²) in [5.74, 6) is 0. The molecular weight excluding hydrogens is 359 g/mol. The van der Waals surface area contributed by atoms with Gasteiger partial charge in [-0.05, 0) is 29.8 Å². The van der Waals surface area contributed by atoms with Crippen molar-refractivity contribution in [1.82, 2.24) is 4.98 Å². The average Bonchev–Trinajstić information content (AvgIpc) is 2.90. The number of rotatable bonds is 3. The maximum atomic E-state index is 10.7. The van der Waals surface area contributed by atoms with Crippen molar-refractivity contribution >= 4 is 51.8 Å². The van der Waals surface area contributed by atoms with Crippen LogP contribution in [0.2, 0.25) is 15.1 Å². The van der Waals surface area contributed by atoms with E-state index < -0.39 is 4.92 Å². The number of halogens is 3. The third-order valence-corrected chi connectivity index (χ3v) is 4.27. The SMILES string of the molecule is O=[N+]([O-])/C=C/c1c(-c2ccc(Cl)cc2)[nH]c2c(Cl)ccc(Cl)c12. The molecule has 0 aliphatic heterocycles. The second-order valence-electron chi connectivity index (χ2n) is 4.80. The van der Waals surface area contributed by atoms with E-state index >= 15 is 0 Å². The van der Waals surface area contributed by atoms with E-state index in [1.165, 1.54) is 6.08 Å². The van der Waals surface area contributed by atoms with Crippen molar-refractivity contribution in [3.63, 3.8) is 0 Å². The van der Waals surface area contributed by atoms with Gasteiger partial charge in [0.1, 0.15) is 0 Å². The first-order chi connectivity index (χ1) is 11.0. The lowest BCUT2D eigenvalue weighted by Gasteiger charge is -2.01. The molecule has 23 heavy (non-hydrogen) atoms. The van der Waals surface area contributed by atoms with Crippen LogP contribution >= 0.6 is 34.8 Å². The van der Waals surface area contributed by atoms with Crippen molar-refractivity contribution in [3.05, 3.63) is 73.3 Å². The van der Waals surface area contributed by atoms with E-state index in [0.717, 1.165) is 11.8 Å². The van der Waals surface area contributed by atoms with Gasteiger partial charge in [-0.15, -0.1) is 0 Å². The van der Waals surface area contributed by atoms with E-state index in [0.29, 0.717) is 37.2 Å². The van der Waals surface area contributed by atoms with Crippen molar-refractivity contribution in [1.29, 1.82) is 0 Å². The van der Waals surface area contributed by atoms with Gasteiger partial charge in [0.25, 0.3) is 0 Å². The van der Waals surface area contributed by atoms with Crippen LogP contribution in [0.15, 0.2) is 42.6 Å². The number of hydrogen-bond donors (Lipinski definition) is 1. The summed E-state index contributed by atoms with van der Waals surface area (Å²) in [5, 5.41) is 12.9. The molecule has 1 N–H and O–H groups in total. The standard InChI is InChI=1S/C16H9Cl3N2O2/c17-10-3-1-9(2-4-10)15-11(7-8-21(22)23)14-12(18)5-6-13(19)16(14)20-15/h1-8,20H/b8-7+. The molecule has 0 fully saturated rings. The molecule has 0 aliphatic carbocycles. The van der Waals surface area contributed by atoms with Crippen molar-refractivity contribution in [2.45, 2.75) is 0 Å². The number of fused-ring (bicyclic) bond motifs is 1. The lowest BCUT2D eigenvalue weighted by Crippen LogP contribution is -1.85. The molecule has 3 rings (SSSR count). The van der Waals surface area contributed by atoms with Crippen LogP contribution in [-0.4, -0.2) is 9.91 Å². The first-order valence-electron chi connectivity index (χ1n) is 6.54. The Labute approximate surface area is 146 Å². The molecule has 0 atom stereocenters. The van der Waals surface area contributed by atoms with Crippen LogP contribution in [0, 0.1) is 10.1 Å². The minimum Gasteiger partial charge on any atom is -0.353 e. The number of nitrogens with one attached hydrogen (secondary N) is 1. The summed E-state index contributed by atoms with van der Waals surface area (Å²) >= 11 is 18.4. The fourth-order valence-corrected chi connectivity index (χ4v) is 2.99. The molecule has 0 bridgehead atoms. The monoisotopic (exact) mass is 366 g/mol. The van der Waals surface area contributed by atoms with E-state index in [-0.39, 0.29) is 0 Å². The third-order valence-electron chi connectivity index (χ3n) is 3.39. The Morgan fingerprint density at radius 1 is 1.00 bits per heavy atom. The Morgan fingerprint density at radius 2 is 1.65 bits per heavy atom. The summed E-state index contributed by atoms with van der Waals surface area (Å²) in [4.78, 5) is 13.4. The first-order valence-corrected chi connectivity index (χ1v) is 7.68. The zero-order chi connectivity index (χ0) is 16.6. The van der Waals surface area contributed by atoms with Crippen molar-refractivity contribution in [2.24, 2.45) is 0 Å². The van der Waals surface area contributed by atoms with Gasteiger partial charge in [0.05, 0.1) is 26.2 Å². The molecule has 3 aromatic rings. The van der Waals surface area contributed by atoms with E-state index in [2.05, 4.69) is 4.98 Å². The molecule has 0 unspecified atom stereocenters. The quantitative estimate of drug-likeness (QED) is 0.453. The minimum atomic E-state index is -0.525. The smallest absolute Gasteiger partial charge is 0.235 e. The topological polar surface area (TPSA) is 58.9 Å². The van der Waals surface area contributed by atoms with E-state index in [1.54, 1.807) is 24.3 Å². The highest BCUT2D eigenvalue weighted by molar-refractivity contribution is 6.40. The zero-order valence-electron chi connectivity index (χ0n) is 11.5. The van der Waals surface area contributed by atoms with Crippen LogP contribution in [0.4, 0.5) is 0 Å². The number of aromatic amines is 1. The van der Waals surface area contributed by atoms with Crippen LogP contribution in [0.1, 0.15) is 5.56 Å². The summed E-state index contributed by atoms with van der Waals surface area (Å²) in [6, 6.07) is 10.5. The summed E-state index contributed by atoms with van der Waals surface area (Å²) in [7, 11) is 0. The summed E-state index contributed by atoms with van der Waals surface area (Å²) in [6.07, 6.45) is 2.28. The van der Waals surface area contributed by atoms with Gasteiger partial charge in [0.15, 0.2) is 0 Å². The van der Waals surface area contributed by atoms with E-state index in [9.17, 15) is 10.1 Å². The van der Waals surface area contributed by atoms with Crippen LogP contribution in [-0.2, 0) is 0 Å². The second kappa shape index (κ2) is 6.24. The number of nitrogens with zero attached hydrogens (tertiary/aromatic N) is 1. The first kappa shape index (κ1) is 15.9. The Kier molecular flexibility index (Phi) is 4.31. The van der Waals surface area contributed by atoms with Crippen molar-refractivity contribution < 1.29 is 4.92 Å². The molecule has 0 saturated heterocycles. The predicted molar refractivity (Wildman–Crippen MR) is 94.8 cm³/mol. The lowest BCUT2D eigenvalue weighted by molar-refractivity contribution is -0.400. The fraction of sp³-hybridized carbons (Fsp3) is 0. The molecule has 1 heterocycles. The maximum absolute atomic E-state index is 10.7. The summed E-state index contributed by atoms with van der Waals surface area (Å²) in [6.45, 7) is 0. The largest absolute Gasteiger partial charge is 0.353 e. The lowest BCUT2D eigenvalue weighted by atomic mass is 10.1. The molecule has 0 radical (unpaired) electrons. The highest BCUT2D eigenvalue weighted by Gasteiger charge is 2.16. The van der Waals surface area contributed by atoms with Gasteiger partial charge < -0.3 is 4.98 Å². The fourth-order valence-electron chi connectivity index (χ4n) is 2.40. The number of nitro groups is 1. The van der Waals surface area contributed by atoms with Gasteiger partial charge in [-0.3, -0.25) is 10.1 Å². The number of H-pyrrole nitrogens is 1. The molecule has 0 amide bonds. The molecular formula is C16H9Cl3N2O2. The maximum Gasteiger partial charge on any atom is 0.235 e. The average molecular weight is 368 g/mol. The zero-order valence-corrected chi connectivity index (χ0v) is 13.8. The Morgan fingerprint density at radius 3 is 2.30 bits per heavy atom. The normalized spacial score (nSPS) is 11.4. The molecule has 0 spiro atoms. The molecule has 116 valence electrons. The molecule has 4 nitrogen and oxygen atoms in total. The van der Waals surface area contributed by atoms with Gasteiger partial charge in [0, 0.05) is 22.0 Å². The highest BCUT2D eigenvalue weighted by Crippen LogP contribution is 2.38. The highest BCUT2D eigenvalue weighted by atomic mass is 35.5. The van der Waals surface area contributed by atoms with E-state index in [1.807, 2.05) is 12.1 Å². The van der Waals surface area contributed by atoms with Crippen LogP contribution in [0.5, 0.6) is 0 Å². The van der Waals surface area contributed by atoms with Crippen LogP contribution in [0.3, 0.4) is 0 Å². The molecule has 2 aromatic carbocycles. The van der Waals surface area contributed by atoms with Crippen LogP contribution in [0.25, 0.3) is 28.2 Å². The van der Waals surface area contributed by atoms with Crippen molar-refractivity contribution in [2.75, 3.05) is 0 Å². The third kappa shape index (κ3) is 3.06. The summed E-state index contributed by atoms with van der Waals surface area (Å²) in [5.41, 5.74) is 2.74. The molecule has 0 aliphatic rings. The van der Waals surface area contributed by atoms with Gasteiger partial charge in [-0.1, -0.05) is 46.9 Å². The van der Waals surface area contributed by atoms with Crippen LogP contribution < -0.4 is 0 Å². The Bertz CT molecular complexity index is 931. The number of aromatic nitrogens is 1. The van der Waals surface area contributed by atoms with Gasteiger partial charge in [-0.2, -0.15) is 0 Å². The molecule has 1 aromatic heterocycles. The predicted octanol–water partition coefficient (Wildman–Crippen LogP) is 6.04. The van der Waals surface area contributed by atoms with Gasteiger partial charge >= 0.3 is 0 Å². The van der Waals surface area contributed by atoms with Crippen molar-refractivity contribution in [3.8, 4) is 11.3 Å². The number of hydrogen-bond acceptors (Lipinski definition) is 2. The molecule has 0 saturated carbocycles. The minimum absolute atomic E-state index is 0.462. The summed E-state index contributed by atoms with van der Waals surface area (Å²) < 4.78 is 0. The van der Waals surface area contributed by atoms with Gasteiger partial charge in [0.2, 0.25) is 6.20 Å². The second-order valence-corrected chi connectivity index (χ2v) is 6.05. The van der Waals surface area contributed by atoms with E-state index in [4.69, 9.17) is 34.8 Å². The molecule has 7 heteroatoms. The van der Waals surface area contributed by atoms with Gasteiger partial charge in [-0.25, -0.2) is 0 Å². The number of benzene rings is 2.